The summed E-state index contributed by atoms with van der Waals surface area (Å²) in [4.78, 5) is 0. The van der Waals surface area contributed by atoms with Gasteiger partial charge in [-0.2, -0.15) is 5.26 Å². The van der Waals surface area contributed by atoms with Gasteiger partial charge in [-0.15, -0.1) is 0 Å². The summed E-state index contributed by atoms with van der Waals surface area (Å²) in [5.41, 5.74) is 3.86. The summed E-state index contributed by atoms with van der Waals surface area (Å²) in [6, 6.07) is 8.10. The molecule has 0 saturated heterocycles. The third-order valence-electron chi connectivity index (χ3n) is 6.19. The Morgan fingerprint density at radius 2 is 2.00 bits per heavy atom. The van der Waals surface area contributed by atoms with Crippen LogP contribution in [0.1, 0.15) is 70.2 Å². The highest BCUT2D eigenvalue weighted by Crippen LogP contribution is 2.43. The number of fused-ring (bicyclic) bond motifs is 1. The minimum absolute atomic E-state index is 0.283. The second kappa shape index (κ2) is 9.69. The SMILES string of the molecule is CC(C)(C)OC(O)NC1=CC=C(c2c(C#N)c3ccc(OCS(C)(=O)=O)cc3n2C2CCC2)CC1. The zero-order valence-corrected chi connectivity index (χ0v) is 21.5. The topological polar surface area (TPSA) is 114 Å². The van der Waals surface area contributed by atoms with E-state index in [9.17, 15) is 18.8 Å². The predicted octanol–water partition coefficient (Wildman–Crippen LogP) is 4.36. The average molecular weight is 500 g/mol. The maximum Gasteiger partial charge on any atom is 0.235 e. The Hall–Kier alpha value is -2.80. The number of aliphatic hydroxyl groups excluding tert-OH is 1. The van der Waals surface area contributed by atoms with E-state index in [2.05, 4.69) is 16.0 Å². The van der Waals surface area contributed by atoms with E-state index in [1.54, 1.807) is 6.07 Å². The number of hydrogen-bond acceptors (Lipinski definition) is 7. The van der Waals surface area contributed by atoms with Gasteiger partial charge in [-0.05, 0) is 76.7 Å². The highest BCUT2D eigenvalue weighted by molar-refractivity contribution is 7.90. The minimum Gasteiger partial charge on any atom is -0.478 e. The number of benzene rings is 1. The number of allylic oxidation sites excluding steroid dienone is 4. The van der Waals surface area contributed by atoms with Crippen LogP contribution < -0.4 is 10.1 Å². The standard InChI is InChI=1S/C26H33N3O5S/c1-26(2,3)34-25(30)28-18-10-8-17(9-11-18)24-22(15-27)21-13-12-20(33-16-35(4,31)32)14-23(21)29(24)19-6-5-7-19/h8,10,12-14,19,25,28,30H,5-7,9,11,16H2,1-4H3. The van der Waals surface area contributed by atoms with Crippen molar-refractivity contribution in [2.45, 2.75) is 70.9 Å². The van der Waals surface area contributed by atoms with Gasteiger partial charge in [0.25, 0.3) is 0 Å². The molecule has 0 radical (unpaired) electrons. The summed E-state index contributed by atoms with van der Waals surface area (Å²) in [5, 5.41) is 24.1. The van der Waals surface area contributed by atoms with E-state index in [4.69, 9.17) is 9.47 Å². The summed E-state index contributed by atoms with van der Waals surface area (Å²) in [6.45, 7) is 5.64. The van der Waals surface area contributed by atoms with Gasteiger partial charge in [-0.25, -0.2) is 8.42 Å². The van der Waals surface area contributed by atoms with Crippen LogP contribution in [0.2, 0.25) is 0 Å². The number of nitrogens with zero attached hydrogens (tertiary/aromatic N) is 2. The Balaban J connectivity index is 1.71. The van der Waals surface area contributed by atoms with Crippen molar-refractivity contribution in [2.75, 3.05) is 12.2 Å². The third kappa shape index (κ3) is 5.89. The van der Waals surface area contributed by atoms with Crippen LogP contribution in [-0.4, -0.2) is 42.3 Å². The molecule has 2 aliphatic carbocycles. The highest BCUT2D eigenvalue weighted by atomic mass is 32.2. The lowest BCUT2D eigenvalue weighted by Gasteiger charge is -2.31. The molecule has 1 heterocycles. The van der Waals surface area contributed by atoms with E-state index >= 15 is 0 Å². The summed E-state index contributed by atoms with van der Waals surface area (Å²) >= 11 is 0. The van der Waals surface area contributed by atoms with Gasteiger partial charge in [0.1, 0.15) is 11.8 Å². The fraction of sp³-hybridized carbons (Fsp3) is 0.500. The van der Waals surface area contributed by atoms with Crippen LogP contribution in [0.3, 0.4) is 0 Å². The molecule has 1 aromatic carbocycles. The second-order valence-electron chi connectivity index (χ2n) is 10.3. The molecule has 2 aromatic rings. The molecule has 0 amide bonds. The lowest BCUT2D eigenvalue weighted by atomic mass is 9.91. The molecule has 1 aromatic heterocycles. The number of nitrogens with one attached hydrogen (secondary N) is 1. The normalized spacial score (nSPS) is 17.8. The molecule has 0 bridgehead atoms. The van der Waals surface area contributed by atoms with Crippen LogP contribution in [0.25, 0.3) is 16.5 Å². The molecule has 1 atom stereocenters. The molecule has 0 aliphatic heterocycles. The first-order chi connectivity index (χ1) is 16.4. The van der Waals surface area contributed by atoms with E-state index in [0.717, 1.165) is 53.4 Å². The van der Waals surface area contributed by atoms with Crippen LogP contribution in [0.4, 0.5) is 0 Å². The monoisotopic (exact) mass is 499 g/mol. The van der Waals surface area contributed by atoms with E-state index in [0.29, 0.717) is 24.2 Å². The van der Waals surface area contributed by atoms with E-state index in [1.165, 1.54) is 0 Å². The average Bonchev–Trinajstić information content (AvgIpc) is 3.03. The number of hydrogen-bond donors (Lipinski definition) is 2. The number of ether oxygens (including phenoxy) is 2. The first kappa shape index (κ1) is 25.3. The molecule has 1 saturated carbocycles. The van der Waals surface area contributed by atoms with Crippen LogP contribution in [0, 0.1) is 11.3 Å². The molecule has 9 heteroatoms. The molecule has 1 fully saturated rings. The number of sulfone groups is 1. The molecular weight excluding hydrogens is 466 g/mol. The lowest BCUT2D eigenvalue weighted by Crippen LogP contribution is -2.37. The number of nitriles is 1. The molecule has 2 aliphatic rings. The van der Waals surface area contributed by atoms with Gasteiger partial charge in [0.05, 0.1) is 22.4 Å². The van der Waals surface area contributed by atoms with Gasteiger partial charge in [0.15, 0.2) is 15.8 Å². The number of aliphatic hydroxyl groups is 1. The second-order valence-corrected chi connectivity index (χ2v) is 12.4. The minimum atomic E-state index is -3.27. The van der Waals surface area contributed by atoms with Gasteiger partial charge in [-0.3, -0.25) is 0 Å². The first-order valence-corrected chi connectivity index (χ1v) is 13.9. The first-order valence-electron chi connectivity index (χ1n) is 11.9. The fourth-order valence-electron chi connectivity index (χ4n) is 4.49. The maximum atomic E-state index is 11.6. The number of rotatable bonds is 8. The van der Waals surface area contributed by atoms with Gasteiger partial charge in [0.2, 0.25) is 6.41 Å². The Bertz CT molecular complexity index is 1320. The summed E-state index contributed by atoms with van der Waals surface area (Å²) in [7, 11) is -3.27. The highest BCUT2D eigenvalue weighted by Gasteiger charge is 2.29. The number of aromatic nitrogens is 1. The van der Waals surface area contributed by atoms with Crippen molar-refractivity contribution in [3.8, 4) is 11.8 Å². The largest absolute Gasteiger partial charge is 0.478 e. The Kier molecular flexibility index (Phi) is 7.00. The van der Waals surface area contributed by atoms with Crippen LogP contribution in [0.15, 0.2) is 36.0 Å². The van der Waals surface area contributed by atoms with Gasteiger partial charge < -0.3 is 24.5 Å². The van der Waals surface area contributed by atoms with E-state index in [-0.39, 0.29) is 6.04 Å². The van der Waals surface area contributed by atoms with Crippen molar-refractivity contribution in [2.24, 2.45) is 0 Å². The van der Waals surface area contributed by atoms with Crippen molar-refractivity contribution in [3.63, 3.8) is 0 Å². The van der Waals surface area contributed by atoms with Crippen molar-refractivity contribution in [1.29, 1.82) is 5.26 Å². The molecule has 1 unspecified atom stereocenters. The summed E-state index contributed by atoms with van der Waals surface area (Å²) < 4.78 is 36.4. The zero-order chi connectivity index (χ0) is 25.4. The molecule has 35 heavy (non-hydrogen) atoms. The smallest absolute Gasteiger partial charge is 0.235 e. The third-order valence-corrected chi connectivity index (χ3v) is 6.74. The Labute approximate surface area is 206 Å². The zero-order valence-electron chi connectivity index (χ0n) is 20.7. The summed E-state index contributed by atoms with van der Waals surface area (Å²) in [6.07, 6.45) is 8.54. The molecule has 0 spiro atoms. The van der Waals surface area contributed by atoms with Crippen LogP contribution >= 0.6 is 0 Å². The molecule has 188 valence electrons. The Morgan fingerprint density at radius 1 is 1.26 bits per heavy atom. The van der Waals surface area contributed by atoms with Crippen molar-refractivity contribution < 1.29 is 23.0 Å². The van der Waals surface area contributed by atoms with Crippen LogP contribution in [0.5, 0.6) is 5.75 Å². The van der Waals surface area contributed by atoms with Gasteiger partial charge >= 0.3 is 0 Å². The molecule has 2 N–H and O–H groups in total. The predicted molar refractivity (Wildman–Crippen MR) is 135 cm³/mol. The molecular formula is C26H33N3O5S. The van der Waals surface area contributed by atoms with Gasteiger partial charge in [-0.1, -0.05) is 6.08 Å². The van der Waals surface area contributed by atoms with Crippen molar-refractivity contribution in [3.05, 3.63) is 47.3 Å². The maximum absolute atomic E-state index is 11.6. The summed E-state index contributed by atoms with van der Waals surface area (Å²) in [5.74, 6) is 0.0748. The lowest BCUT2D eigenvalue weighted by molar-refractivity contribution is -0.177. The molecule has 8 nitrogen and oxygen atoms in total. The van der Waals surface area contributed by atoms with Gasteiger partial charge in [0, 0.05) is 29.4 Å². The van der Waals surface area contributed by atoms with E-state index in [1.807, 2.05) is 45.1 Å². The van der Waals surface area contributed by atoms with Crippen molar-refractivity contribution in [1.82, 2.24) is 9.88 Å². The quantitative estimate of drug-likeness (QED) is 0.519. The fourth-order valence-corrected chi connectivity index (χ4v) is 4.84. The van der Waals surface area contributed by atoms with Crippen molar-refractivity contribution >= 4 is 26.3 Å². The van der Waals surface area contributed by atoms with Crippen LogP contribution in [-0.2, 0) is 14.6 Å². The Morgan fingerprint density at radius 3 is 2.54 bits per heavy atom. The molecule has 4 rings (SSSR count). The van der Waals surface area contributed by atoms with E-state index < -0.39 is 27.8 Å².